The summed E-state index contributed by atoms with van der Waals surface area (Å²) in [5.41, 5.74) is 3.28. The third-order valence-electron chi connectivity index (χ3n) is 4.39. The van der Waals surface area contributed by atoms with E-state index in [1.165, 1.54) is 0 Å². The van der Waals surface area contributed by atoms with Crippen molar-refractivity contribution >= 4 is 11.9 Å². The number of ketones is 1. The van der Waals surface area contributed by atoms with Gasteiger partial charge in [-0.2, -0.15) is 0 Å². The van der Waals surface area contributed by atoms with Crippen molar-refractivity contribution in [1.29, 1.82) is 0 Å². The SMILES string of the molecule is COc1ccc([C@H](CC(=O)/C=C/c2ccccc2)c2ccccc2)cc1. The molecule has 0 spiro atoms. The predicted molar refractivity (Wildman–Crippen MR) is 106 cm³/mol. The second-order valence-corrected chi connectivity index (χ2v) is 6.15. The molecule has 0 aliphatic heterocycles. The Morgan fingerprint density at radius 3 is 2.04 bits per heavy atom. The third kappa shape index (κ3) is 4.70. The maximum absolute atomic E-state index is 12.6. The standard InChI is InChI=1S/C24H22O2/c1-26-23-16-13-21(14-17-23)24(20-10-6-3-7-11-20)18-22(25)15-12-19-8-4-2-5-9-19/h2-17,24H,18H2,1H3/b15-12+/t24-/m1/s1. The summed E-state index contributed by atoms with van der Waals surface area (Å²) in [5, 5.41) is 0. The van der Waals surface area contributed by atoms with Gasteiger partial charge >= 0.3 is 0 Å². The Morgan fingerprint density at radius 2 is 1.42 bits per heavy atom. The topological polar surface area (TPSA) is 26.3 Å². The van der Waals surface area contributed by atoms with Crippen LogP contribution in [0.3, 0.4) is 0 Å². The van der Waals surface area contributed by atoms with Crippen LogP contribution in [0.5, 0.6) is 5.75 Å². The fraction of sp³-hybridized carbons (Fsp3) is 0.125. The molecule has 0 radical (unpaired) electrons. The van der Waals surface area contributed by atoms with Gasteiger partial charge in [-0.05, 0) is 34.9 Å². The van der Waals surface area contributed by atoms with Crippen LogP contribution in [0.1, 0.15) is 29.0 Å². The summed E-state index contributed by atoms with van der Waals surface area (Å²) in [6.45, 7) is 0. The van der Waals surface area contributed by atoms with Crippen LogP contribution in [0.15, 0.2) is 91.0 Å². The molecule has 0 aliphatic carbocycles. The normalized spacial score (nSPS) is 12.0. The molecule has 0 aromatic heterocycles. The van der Waals surface area contributed by atoms with Crippen LogP contribution in [-0.4, -0.2) is 12.9 Å². The number of ether oxygens (including phenoxy) is 1. The summed E-state index contributed by atoms with van der Waals surface area (Å²) >= 11 is 0. The lowest BCUT2D eigenvalue weighted by Crippen LogP contribution is -2.07. The van der Waals surface area contributed by atoms with Crippen molar-refractivity contribution in [2.24, 2.45) is 0 Å². The zero-order chi connectivity index (χ0) is 18.2. The Balaban J connectivity index is 1.81. The summed E-state index contributed by atoms with van der Waals surface area (Å²) in [6.07, 6.45) is 3.98. The van der Waals surface area contributed by atoms with E-state index in [-0.39, 0.29) is 11.7 Å². The van der Waals surface area contributed by atoms with E-state index in [2.05, 4.69) is 12.1 Å². The van der Waals surface area contributed by atoms with Crippen molar-refractivity contribution in [3.63, 3.8) is 0 Å². The molecule has 0 fully saturated rings. The second-order valence-electron chi connectivity index (χ2n) is 6.15. The molecule has 0 aliphatic rings. The highest BCUT2D eigenvalue weighted by atomic mass is 16.5. The Labute approximate surface area is 154 Å². The average Bonchev–Trinajstić information content (AvgIpc) is 2.72. The molecular formula is C24H22O2. The first-order valence-electron chi connectivity index (χ1n) is 8.71. The van der Waals surface area contributed by atoms with Gasteiger partial charge in [-0.25, -0.2) is 0 Å². The maximum Gasteiger partial charge on any atom is 0.156 e. The number of allylic oxidation sites excluding steroid dienone is 1. The van der Waals surface area contributed by atoms with E-state index in [1.54, 1.807) is 13.2 Å². The van der Waals surface area contributed by atoms with Crippen LogP contribution in [0, 0.1) is 0 Å². The molecular weight excluding hydrogens is 320 g/mol. The van der Waals surface area contributed by atoms with Gasteiger partial charge < -0.3 is 4.74 Å². The van der Waals surface area contributed by atoms with Crippen LogP contribution in [0.25, 0.3) is 6.08 Å². The van der Waals surface area contributed by atoms with Gasteiger partial charge in [0.1, 0.15) is 5.75 Å². The van der Waals surface area contributed by atoms with E-state index >= 15 is 0 Å². The average molecular weight is 342 g/mol. The number of methoxy groups -OCH3 is 1. The molecule has 0 N–H and O–H groups in total. The Kier molecular flexibility index (Phi) is 6.00. The molecule has 0 heterocycles. The van der Waals surface area contributed by atoms with Crippen LogP contribution in [-0.2, 0) is 4.79 Å². The minimum absolute atomic E-state index is 0.0232. The van der Waals surface area contributed by atoms with E-state index in [4.69, 9.17) is 4.74 Å². The van der Waals surface area contributed by atoms with E-state index in [0.717, 1.165) is 22.4 Å². The van der Waals surface area contributed by atoms with Gasteiger partial charge in [0.25, 0.3) is 0 Å². The summed E-state index contributed by atoms with van der Waals surface area (Å²) < 4.78 is 5.25. The third-order valence-corrected chi connectivity index (χ3v) is 4.39. The van der Waals surface area contributed by atoms with Crippen molar-refractivity contribution in [1.82, 2.24) is 0 Å². The number of carbonyl (C=O) groups excluding carboxylic acids is 1. The molecule has 3 aromatic rings. The quantitative estimate of drug-likeness (QED) is 0.530. The molecule has 2 nitrogen and oxygen atoms in total. The van der Waals surface area contributed by atoms with Gasteiger partial charge in [0.05, 0.1) is 7.11 Å². The zero-order valence-corrected chi connectivity index (χ0v) is 14.8. The molecule has 130 valence electrons. The van der Waals surface area contributed by atoms with Crippen molar-refractivity contribution in [2.45, 2.75) is 12.3 Å². The van der Waals surface area contributed by atoms with Crippen LogP contribution < -0.4 is 4.74 Å². The molecule has 1 atom stereocenters. The van der Waals surface area contributed by atoms with Gasteiger partial charge in [0.15, 0.2) is 5.78 Å². The molecule has 2 heteroatoms. The molecule has 3 aromatic carbocycles. The zero-order valence-electron chi connectivity index (χ0n) is 14.8. The minimum Gasteiger partial charge on any atom is -0.497 e. The van der Waals surface area contributed by atoms with Crippen LogP contribution in [0.2, 0.25) is 0 Å². The van der Waals surface area contributed by atoms with Crippen LogP contribution in [0.4, 0.5) is 0 Å². The number of hydrogen-bond donors (Lipinski definition) is 0. The predicted octanol–water partition coefficient (Wildman–Crippen LogP) is 5.50. The van der Waals surface area contributed by atoms with Crippen LogP contribution >= 0.6 is 0 Å². The van der Waals surface area contributed by atoms with Gasteiger partial charge in [-0.1, -0.05) is 78.9 Å². The number of hydrogen-bond acceptors (Lipinski definition) is 2. The monoisotopic (exact) mass is 342 g/mol. The lowest BCUT2D eigenvalue weighted by Gasteiger charge is -2.17. The first-order valence-corrected chi connectivity index (χ1v) is 8.71. The first-order chi connectivity index (χ1) is 12.8. The second kappa shape index (κ2) is 8.82. The van der Waals surface area contributed by atoms with E-state index < -0.39 is 0 Å². The Bertz CT molecular complexity index is 850. The van der Waals surface area contributed by atoms with Gasteiger partial charge in [-0.3, -0.25) is 4.79 Å². The van der Waals surface area contributed by atoms with Crippen molar-refractivity contribution < 1.29 is 9.53 Å². The van der Waals surface area contributed by atoms with Gasteiger partial charge in [0.2, 0.25) is 0 Å². The molecule has 0 unspecified atom stereocenters. The van der Waals surface area contributed by atoms with E-state index in [1.807, 2.05) is 78.9 Å². The summed E-state index contributed by atoms with van der Waals surface area (Å²) in [7, 11) is 1.65. The molecule has 26 heavy (non-hydrogen) atoms. The number of carbonyl (C=O) groups is 1. The lowest BCUT2D eigenvalue weighted by atomic mass is 9.87. The van der Waals surface area contributed by atoms with E-state index in [0.29, 0.717) is 6.42 Å². The molecule has 3 rings (SSSR count). The Hall–Kier alpha value is -3.13. The highest BCUT2D eigenvalue weighted by Crippen LogP contribution is 2.29. The molecule has 0 saturated heterocycles. The highest BCUT2D eigenvalue weighted by molar-refractivity contribution is 5.94. The number of rotatable bonds is 7. The fourth-order valence-electron chi connectivity index (χ4n) is 2.97. The first kappa shape index (κ1) is 17.7. The van der Waals surface area contributed by atoms with Crippen molar-refractivity contribution in [2.75, 3.05) is 7.11 Å². The van der Waals surface area contributed by atoms with Crippen molar-refractivity contribution in [3.05, 3.63) is 108 Å². The van der Waals surface area contributed by atoms with Gasteiger partial charge in [0, 0.05) is 12.3 Å². The highest BCUT2D eigenvalue weighted by Gasteiger charge is 2.17. The molecule has 0 amide bonds. The summed E-state index contributed by atoms with van der Waals surface area (Å²) in [6, 6.07) is 28.0. The maximum atomic E-state index is 12.6. The number of benzene rings is 3. The molecule has 0 saturated carbocycles. The summed E-state index contributed by atoms with van der Waals surface area (Å²) in [5.74, 6) is 0.949. The van der Waals surface area contributed by atoms with Crippen molar-refractivity contribution in [3.8, 4) is 5.75 Å². The van der Waals surface area contributed by atoms with Gasteiger partial charge in [-0.15, -0.1) is 0 Å². The largest absolute Gasteiger partial charge is 0.497 e. The minimum atomic E-state index is 0.0232. The Morgan fingerprint density at radius 1 is 0.846 bits per heavy atom. The lowest BCUT2D eigenvalue weighted by molar-refractivity contribution is -0.114. The van der Waals surface area contributed by atoms with E-state index in [9.17, 15) is 4.79 Å². The molecule has 0 bridgehead atoms. The fourth-order valence-corrected chi connectivity index (χ4v) is 2.97. The smallest absolute Gasteiger partial charge is 0.156 e. The summed E-state index contributed by atoms with van der Waals surface area (Å²) in [4.78, 5) is 12.6.